The Morgan fingerprint density at radius 1 is 1.05 bits per heavy atom. The Balaban J connectivity index is 1.88. The van der Waals surface area contributed by atoms with Gasteiger partial charge in [-0.15, -0.1) is 0 Å². The second kappa shape index (κ2) is 5.63. The van der Waals surface area contributed by atoms with Crippen LogP contribution in [0.25, 0.3) is 11.3 Å². The molecular formula is C16H12F3N3. The first-order valence-corrected chi connectivity index (χ1v) is 6.62. The Kier molecular flexibility index (Phi) is 3.66. The molecule has 0 spiro atoms. The van der Waals surface area contributed by atoms with E-state index < -0.39 is 17.5 Å². The van der Waals surface area contributed by atoms with E-state index in [0.29, 0.717) is 23.4 Å². The third-order valence-corrected chi connectivity index (χ3v) is 3.32. The quantitative estimate of drug-likeness (QED) is 0.738. The lowest BCUT2D eigenvalue weighted by Crippen LogP contribution is -2.01. The largest absolute Gasteiger partial charge is 0.268 e. The number of hydrogen-bond acceptors (Lipinski definition) is 2. The molecule has 0 radical (unpaired) electrons. The molecule has 22 heavy (non-hydrogen) atoms. The van der Waals surface area contributed by atoms with Crippen molar-refractivity contribution >= 4 is 0 Å². The zero-order valence-electron chi connectivity index (χ0n) is 11.7. The van der Waals surface area contributed by atoms with Crippen LogP contribution in [-0.4, -0.2) is 14.8 Å². The first-order chi connectivity index (χ1) is 10.5. The third-order valence-electron chi connectivity index (χ3n) is 3.32. The molecule has 3 nitrogen and oxygen atoms in total. The normalized spacial score (nSPS) is 10.9. The monoisotopic (exact) mass is 303 g/mol. The highest BCUT2D eigenvalue weighted by Gasteiger charge is 2.10. The first-order valence-electron chi connectivity index (χ1n) is 6.62. The van der Waals surface area contributed by atoms with E-state index >= 15 is 0 Å². The average Bonchev–Trinajstić information content (AvgIpc) is 2.93. The number of pyridine rings is 1. The molecule has 0 atom stereocenters. The van der Waals surface area contributed by atoms with Crippen molar-refractivity contribution in [1.29, 1.82) is 0 Å². The van der Waals surface area contributed by atoms with Gasteiger partial charge in [0.25, 0.3) is 0 Å². The van der Waals surface area contributed by atoms with Crippen molar-refractivity contribution in [3.8, 4) is 11.3 Å². The van der Waals surface area contributed by atoms with E-state index in [1.807, 2.05) is 0 Å². The molecule has 0 aliphatic rings. The summed E-state index contributed by atoms with van der Waals surface area (Å²) in [6.45, 7) is 1.70. The standard InChI is InChI=1S/C16H12F3N3/c1-10-14(18)5-12(6-15(10)19)16-2-3-22(21-16)9-11-4-13(17)8-20-7-11/h2-8H,9H2,1H3. The molecule has 0 N–H and O–H groups in total. The summed E-state index contributed by atoms with van der Waals surface area (Å²) < 4.78 is 41.8. The van der Waals surface area contributed by atoms with E-state index in [4.69, 9.17) is 0 Å². The predicted octanol–water partition coefficient (Wildman–Crippen LogP) is 3.72. The van der Waals surface area contributed by atoms with Crippen LogP contribution in [0.2, 0.25) is 0 Å². The van der Waals surface area contributed by atoms with Crippen LogP contribution in [0.15, 0.2) is 42.9 Å². The second-order valence-corrected chi connectivity index (χ2v) is 4.97. The molecule has 0 saturated heterocycles. The van der Waals surface area contributed by atoms with Gasteiger partial charge in [0, 0.05) is 23.5 Å². The average molecular weight is 303 g/mol. The summed E-state index contributed by atoms with van der Waals surface area (Å²) in [5.74, 6) is -1.65. The Hall–Kier alpha value is -2.63. The molecule has 6 heteroatoms. The van der Waals surface area contributed by atoms with Gasteiger partial charge in [-0.2, -0.15) is 5.10 Å². The van der Waals surface area contributed by atoms with Gasteiger partial charge in [0.1, 0.15) is 17.5 Å². The number of rotatable bonds is 3. The van der Waals surface area contributed by atoms with Crippen LogP contribution in [0.3, 0.4) is 0 Å². The number of hydrogen-bond donors (Lipinski definition) is 0. The van der Waals surface area contributed by atoms with Gasteiger partial charge in [-0.25, -0.2) is 13.2 Å². The SMILES string of the molecule is Cc1c(F)cc(-c2ccn(Cc3cncc(F)c3)n2)cc1F. The Labute approximate surface area is 125 Å². The van der Waals surface area contributed by atoms with E-state index in [2.05, 4.69) is 10.1 Å². The summed E-state index contributed by atoms with van der Waals surface area (Å²) in [5.41, 5.74) is 1.43. The molecule has 0 amide bonds. The molecule has 0 unspecified atom stereocenters. The van der Waals surface area contributed by atoms with Crippen LogP contribution in [-0.2, 0) is 6.54 Å². The molecule has 0 saturated carbocycles. The molecular weight excluding hydrogens is 291 g/mol. The number of halogens is 3. The fourth-order valence-electron chi connectivity index (χ4n) is 2.13. The molecule has 0 fully saturated rings. The molecule has 112 valence electrons. The van der Waals surface area contributed by atoms with E-state index in [1.165, 1.54) is 31.3 Å². The predicted molar refractivity (Wildman–Crippen MR) is 75.6 cm³/mol. The minimum absolute atomic E-state index is 0.0194. The minimum atomic E-state index is -0.612. The third kappa shape index (κ3) is 2.86. The molecule has 2 heterocycles. The van der Waals surface area contributed by atoms with Crippen LogP contribution in [0.5, 0.6) is 0 Å². The molecule has 0 aliphatic heterocycles. The summed E-state index contributed by atoms with van der Waals surface area (Å²) in [4.78, 5) is 3.76. The van der Waals surface area contributed by atoms with E-state index in [9.17, 15) is 13.2 Å². The summed E-state index contributed by atoms with van der Waals surface area (Å²) >= 11 is 0. The lowest BCUT2D eigenvalue weighted by Gasteiger charge is -2.03. The van der Waals surface area contributed by atoms with Gasteiger partial charge in [-0.3, -0.25) is 9.67 Å². The molecule has 3 aromatic rings. The number of aromatic nitrogens is 3. The van der Waals surface area contributed by atoms with Gasteiger partial charge < -0.3 is 0 Å². The maximum absolute atomic E-state index is 13.6. The maximum Gasteiger partial charge on any atom is 0.141 e. The van der Waals surface area contributed by atoms with Crippen LogP contribution in [0, 0.1) is 24.4 Å². The van der Waals surface area contributed by atoms with Gasteiger partial charge in [-0.05, 0) is 36.8 Å². The molecule has 3 rings (SSSR count). The van der Waals surface area contributed by atoms with Crippen molar-refractivity contribution in [3.05, 3.63) is 71.4 Å². The summed E-state index contributed by atoms with van der Waals surface area (Å²) in [6, 6.07) is 5.50. The maximum atomic E-state index is 13.6. The van der Waals surface area contributed by atoms with Crippen LogP contribution in [0.1, 0.15) is 11.1 Å². The summed E-state index contributed by atoms with van der Waals surface area (Å²) in [7, 11) is 0. The van der Waals surface area contributed by atoms with Crippen molar-refractivity contribution < 1.29 is 13.2 Å². The Bertz CT molecular complexity index is 804. The number of nitrogens with zero attached hydrogens (tertiary/aromatic N) is 3. The number of benzene rings is 1. The Morgan fingerprint density at radius 2 is 1.77 bits per heavy atom. The van der Waals surface area contributed by atoms with Crippen molar-refractivity contribution in [2.75, 3.05) is 0 Å². The second-order valence-electron chi connectivity index (χ2n) is 4.97. The van der Waals surface area contributed by atoms with Crippen molar-refractivity contribution in [1.82, 2.24) is 14.8 Å². The lowest BCUT2D eigenvalue weighted by atomic mass is 10.1. The van der Waals surface area contributed by atoms with Crippen LogP contribution in [0.4, 0.5) is 13.2 Å². The van der Waals surface area contributed by atoms with E-state index in [-0.39, 0.29) is 5.56 Å². The molecule has 1 aromatic carbocycles. The van der Waals surface area contributed by atoms with E-state index in [0.717, 1.165) is 6.20 Å². The van der Waals surface area contributed by atoms with Gasteiger partial charge in [-0.1, -0.05) is 0 Å². The zero-order valence-corrected chi connectivity index (χ0v) is 11.7. The van der Waals surface area contributed by atoms with Crippen LogP contribution < -0.4 is 0 Å². The van der Waals surface area contributed by atoms with Crippen molar-refractivity contribution in [2.45, 2.75) is 13.5 Å². The fourth-order valence-corrected chi connectivity index (χ4v) is 2.13. The van der Waals surface area contributed by atoms with E-state index in [1.54, 1.807) is 16.9 Å². The highest BCUT2D eigenvalue weighted by molar-refractivity contribution is 5.59. The molecule has 2 aromatic heterocycles. The van der Waals surface area contributed by atoms with Gasteiger partial charge in [0.05, 0.1) is 18.4 Å². The summed E-state index contributed by atoms with van der Waals surface area (Å²) in [6.07, 6.45) is 4.32. The molecule has 0 bridgehead atoms. The highest BCUT2D eigenvalue weighted by atomic mass is 19.1. The van der Waals surface area contributed by atoms with Crippen molar-refractivity contribution in [3.63, 3.8) is 0 Å². The van der Waals surface area contributed by atoms with Crippen LogP contribution >= 0.6 is 0 Å². The first kappa shape index (κ1) is 14.3. The van der Waals surface area contributed by atoms with Gasteiger partial charge in [0.2, 0.25) is 0 Å². The zero-order chi connectivity index (χ0) is 15.7. The highest BCUT2D eigenvalue weighted by Crippen LogP contribution is 2.22. The Morgan fingerprint density at radius 3 is 2.45 bits per heavy atom. The molecule has 0 aliphatic carbocycles. The fraction of sp³-hybridized carbons (Fsp3) is 0.125. The smallest absolute Gasteiger partial charge is 0.141 e. The van der Waals surface area contributed by atoms with Crippen molar-refractivity contribution in [2.24, 2.45) is 0 Å². The minimum Gasteiger partial charge on any atom is -0.268 e. The topological polar surface area (TPSA) is 30.7 Å². The van der Waals surface area contributed by atoms with Gasteiger partial charge in [0.15, 0.2) is 0 Å². The van der Waals surface area contributed by atoms with Gasteiger partial charge >= 0.3 is 0 Å². The summed E-state index contributed by atoms with van der Waals surface area (Å²) in [5, 5.41) is 4.25. The lowest BCUT2D eigenvalue weighted by molar-refractivity contribution is 0.568.